The molecule has 22 heavy (non-hydrogen) atoms. The molecule has 0 heterocycles. The highest BCUT2D eigenvalue weighted by molar-refractivity contribution is 5.73. The number of hydrogen-bond donors (Lipinski definition) is 0. The first-order chi connectivity index (χ1) is 10.8. The maximum Gasteiger partial charge on any atom is 0.363 e. The molecule has 0 rings (SSSR count). The van der Waals surface area contributed by atoms with Crippen molar-refractivity contribution in [2.45, 2.75) is 91.3 Å². The van der Waals surface area contributed by atoms with E-state index in [0.29, 0.717) is 19.8 Å². The molecule has 0 aromatic heterocycles. The van der Waals surface area contributed by atoms with Gasteiger partial charge in [-0.15, -0.1) is 0 Å². The molecule has 0 aromatic rings. The molecule has 0 radical (unpaired) electrons. The summed E-state index contributed by atoms with van der Waals surface area (Å²) in [6.45, 7) is 7.23. The molecule has 0 bridgehead atoms. The molecule has 0 fully saturated rings. The van der Waals surface area contributed by atoms with E-state index >= 15 is 0 Å². The lowest BCUT2D eigenvalue weighted by Crippen LogP contribution is -2.30. The van der Waals surface area contributed by atoms with Gasteiger partial charge in [0.25, 0.3) is 6.29 Å². The van der Waals surface area contributed by atoms with Gasteiger partial charge in [-0.1, -0.05) is 64.7 Å². The molecule has 0 aliphatic rings. The number of hydrogen-bond acceptors (Lipinski definition) is 4. The summed E-state index contributed by atoms with van der Waals surface area (Å²) >= 11 is 0. The molecule has 1 unspecified atom stereocenters. The molecule has 4 heteroatoms. The summed E-state index contributed by atoms with van der Waals surface area (Å²) in [5.41, 5.74) is 0. The summed E-state index contributed by atoms with van der Waals surface area (Å²) in [4.78, 5) is 11.6. The number of esters is 1. The highest BCUT2D eigenvalue weighted by Gasteiger charge is 2.20. The van der Waals surface area contributed by atoms with Gasteiger partial charge in [-0.2, -0.15) is 0 Å². The van der Waals surface area contributed by atoms with Crippen LogP contribution in [0.3, 0.4) is 0 Å². The third-order valence-electron chi connectivity index (χ3n) is 3.56. The Bertz CT molecular complexity index is 243. The molecule has 0 amide bonds. The summed E-state index contributed by atoms with van der Waals surface area (Å²) in [5, 5.41) is 0. The van der Waals surface area contributed by atoms with Crippen LogP contribution in [0.25, 0.3) is 0 Å². The van der Waals surface area contributed by atoms with Crippen molar-refractivity contribution in [2.24, 2.45) is 0 Å². The summed E-state index contributed by atoms with van der Waals surface area (Å²) in [6, 6.07) is 0. The summed E-state index contributed by atoms with van der Waals surface area (Å²) in [5.74, 6) is -0.420. The lowest BCUT2D eigenvalue weighted by Gasteiger charge is -2.15. The molecule has 0 aromatic carbocycles. The van der Waals surface area contributed by atoms with Gasteiger partial charge in [0.15, 0.2) is 0 Å². The topological polar surface area (TPSA) is 44.8 Å². The Morgan fingerprint density at radius 1 is 0.727 bits per heavy atom. The number of carbonyl (C=O) groups excluding carboxylic acids is 1. The Morgan fingerprint density at radius 2 is 1.27 bits per heavy atom. The minimum Gasteiger partial charge on any atom is -0.462 e. The van der Waals surface area contributed by atoms with Crippen LogP contribution in [0, 0.1) is 0 Å². The Morgan fingerprint density at radius 3 is 1.77 bits per heavy atom. The molecule has 0 N–H and O–H groups in total. The van der Waals surface area contributed by atoms with E-state index in [-0.39, 0.29) is 0 Å². The number of unbranched alkanes of at least 4 members (excludes halogenated alkanes) is 9. The molecule has 132 valence electrons. The quantitative estimate of drug-likeness (QED) is 0.232. The largest absolute Gasteiger partial charge is 0.462 e. The zero-order chi connectivity index (χ0) is 16.5. The van der Waals surface area contributed by atoms with Crippen molar-refractivity contribution >= 4 is 5.97 Å². The van der Waals surface area contributed by atoms with Gasteiger partial charge in [0, 0.05) is 6.61 Å². The van der Waals surface area contributed by atoms with E-state index in [9.17, 15) is 4.79 Å². The maximum absolute atomic E-state index is 11.6. The van der Waals surface area contributed by atoms with E-state index < -0.39 is 12.3 Å². The van der Waals surface area contributed by atoms with Gasteiger partial charge >= 0.3 is 5.97 Å². The fraction of sp³-hybridized carbons (Fsp3) is 0.944. The Balaban J connectivity index is 3.43. The molecule has 0 spiro atoms. The van der Waals surface area contributed by atoms with Crippen molar-refractivity contribution in [1.82, 2.24) is 0 Å². The van der Waals surface area contributed by atoms with Crippen LogP contribution in [0.1, 0.15) is 85.0 Å². The maximum atomic E-state index is 11.6. The average molecular weight is 316 g/mol. The second-order valence-corrected chi connectivity index (χ2v) is 5.59. The third-order valence-corrected chi connectivity index (χ3v) is 3.56. The van der Waals surface area contributed by atoms with Gasteiger partial charge in [-0.05, 0) is 20.3 Å². The average Bonchev–Trinajstić information content (AvgIpc) is 2.51. The smallest absolute Gasteiger partial charge is 0.363 e. The first-order valence-corrected chi connectivity index (χ1v) is 9.16. The summed E-state index contributed by atoms with van der Waals surface area (Å²) < 4.78 is 15.6. The van der Waals surface area contributed by atoms with Crippen molar-refractivity contribution in [3.63, 3.8) is 0 Å². The molecule has 1 atom stereocenters. The number of ether oxygens (including phenoxy) is 3. The van der Waals surface area contributed by atoms with Crippen LogP contribution >= 0.6 is 0 Å². The van der Waals surface area contributed by atoms with E-state index in [1.165, 1.54) is 51.4 Å². The van der Waals surface area contributed by atoms with Gasteiger partial charge in [0.1, 0.15) is 0 Å². The van der Waals surface area contributed by atoms with E-state index in [1.807, 2.05) is 6.92 Å². The van der Waals surface area contributed by atoms with Crippen molar-refractivity contribution in [3.05, 3.63) is 0 Å². The highest BCUT2D eigenvalue weighted by atomic mass is 16.7. The standard InChI is InChI=1S/C18H36O4/c1-4-7-8-9-10-11-12-13-14-15-16-22-18(21-6-3)17(19)20-5-2/h18H,4-16H2,1-3H3. The molecular formula is C18H36O4. The predicted octanol–water partition coefficient (Wildman–Crippen LogP) is 4.85. The van der Waals surface area contributed by atoms with Gasteiger partial charge in [-0.25, -0.2) is 4.79 Å². The predicted molar refractivity (Wildman–Crippen MR) is 89.8 cm³/mol. The van der Waals surface area contributed by atoms with Gasteiger partial charge < -0.3 is 14.2 Å². The SMILES string of the molecule is CCCCCCCCCCCCOC(OCC)C(=O)OCC. The lowest BCUT2D eigenvalue weighted by molar-refractivity contribution is -0.194. The minimum absolute atomic E-state index is 0.351. The van der Waals surface area contributed by atoms with Gasteiger partial charge in [0.05, 0.1) is 13.2 Å². The Hall–Kier alpha value is -0.610. The van der Waals surface area contributed by atoms with Crippen molar-refractivity contribution < 1.29 is 19.0 Å². The van der Waals surface area contributed by atoms with Crippen LogP contribution in [0.15, 0.2) is 0 Å². The normalized spacial score (nSPS) is 12.3. The Labute approximate surface area is 136 Å². The molecule has 0 saturated heterocycles. The zero-order valence-electron chi connectivity index (χ0n) is 14.9. The molecule has 0 aliphatic heterocycles. The fourth-order valence-electron chi connectivity index (χ4n) is 2.33. The number of carbonyl (C=O) groups is 1. The van der Waals surface area contributed by atoms with Crippen LogP contribution in [0.4, 0.5) is 0 Å². The van der Waals surface area contributed by atoms with Gasteiger partial charge in [-0.3, -0.25) is 0 Å². The third kappa shape index (κ3) is 13.1. The zero-order valence-corrected chi connectivity index (χ0v) is 14.9. The van der Waals surface area contributed by atoms with Crippen molar-refractivity contribution in [3.8, 4) is 0 Å². The van der Waals surface area contributed by atoms with Crippen LogP contribution in [-0.4, -0.2) is 32.1 Å². The number of rotatable bonds is 16. The molecule has 0 aliphatic carbocycles. The first kappa shape index (κ1) is 21.4. The van der Waals surface area contributed by atoms with Gasteiger partial charge in [0.2, 0.25) is 0 Å². The van der Waals surface area contributed by atoms with E-state index in [2.05, 4.69) is 6.92 Å². The monoisotopic (exact) mass is 316 g/mol. The highest BCUT2D eigenvalue weighted by Crippen LogP contribution is 2.11. The minimum atomic E-state index is -0.858. The van der Waals surface area contributed by atoms with Crippen molar-refractivity contribution in [2.75, 3.05) is 19.8 Å². The van der Waals surface area contributed by atoms with Crippen LogP contribution in [0.5, 0.6) is 0 Å². The lowest BCUT2D eigenvalue weighted by atomic mass is 10.1. The molecule has 4 nitrogen and oxygen atoms in total. The fourth-order valence-corrected chi connectivity index (χ4v) is 2.33. The second kappa shape index (κ2) is 16.8. The second-order valence-electron chi connectivity index (χ2n) is 5.59. The van der Waals surface area contributed by atoms with E-state index in [1.54, 1.807) is 6.92 Å². The van der Waals surface area contributed by atoms with Crippen LogP contribution < -0.4 is 0 Å². The summed E-state index contributed by atoms with van der Waals surface area (Å²) in [7, 11) is 0. The van der Waals surface area contributed by atoms with Crippen LogP contribution in [0.2, 0.25) is 0 Å². The molecule has 0 saturated carbocycles. The first-order valence-electron chi connectivity index (χ1n) is 9.16. The molecular weight excluding hydrogens is 280 g/mol. The van der Waals surface area contributed by atoms with E-state index in [4.69, 9.17) is 14.2 Å². The van der Waals surface area contributed by atoms with E-state index in [0.717, 1.165) is 12.8 Å². The van der Waals surface area contributed by atoms with Crippen molar-refractivity contribution in [1.29, 1.82) is 0 Å². The Kier molecular flexibility index (Phi) is 16.3. The van der Waals surface area contributed by atoms with Crippen LogP contribution in [-0.2, 0) is 19.0 Å². The summed E-state index contributed by atoms with van der Waals surface area (Å²) in [6.07, 6.45) is 12.0.